The highest BCUT2D eigenvalue weighted by atomic mass is 31.2. The molecule has 0 spiro atoms. The first kappa shape index (κ1) is 90.1. The number of hydrogen-bond acceptors (Lipinski definition) is 15. The minimum absolute atomic E-state index is 0.102. The van der Waals surface area contributed by atoms with Gasteiger partial charge in [-0.05, 0) is 49.4 Å². The van der Waals surface area contributed by atoms with Gasteiger partial charge in [-0.15, -0.1) is 0 Å². The largest absolute Gasteiger partial charge is 0.472 e. The minimum atomic E-state index is -4.95. The van der Waals surface area contributed by atoms with E-state index < -0.39 is 97.5 Å². The highest BCUT2D eigenvalue weighted by molar-refractivity contribution is 7.47. The summed E-state index contributed by atoms with van der Waals surface area (Å²) >= 11 is 0. The van der Waals surface area contributed by atoms with Crippen molar-refractivity contribution >= 4 is 39.5 Å². The Labute approximate surface area is 562 Å². The molecule has 0 saturated heterocycles. The van der Waals surface area contributed by atoms with E-state index in [0.717, 1.165) is 108 Å². The van der Waals surface area contributed by atoms with E-state index in [4.69, 9.17) is 37.0 Å². The average molecular weight is 1350 g/mol. The van der Waals surface area contributed by atoms with Crippen LogP contribution in [0.3, 0.4) is 0 Å². The van der Waals surface area contributed by atoms with Crippen LogP contribution in [-0.4, -0.2) is 96.7 Å². The van der Waals surface area contributed by atoms with Gasteiger partial charge in [0.05, 0.1) is 26.4 Å². The van der Waals surface area contributed by atoms with Crippen molar-refractivity contribution in [3.8, 4) is 0 Å². The quantitative estimate of drug-likeness (QED) is 0.0222. The summed E-state index contributed by atoms with van der Waals surface area (Å²) in [5.41, 5.74) is 0. The summed E-state index contributed by atoms with van der Waals surface area (Å²) in [6.07, 6.45) is 46.0. The van der Waals surface area contributed by atoms with E-state index >= 15 is 0 Å². The second kappa shape index (κ2) is 62.6. The Morgan fingerprint density at radius 2 is 0.522 bits per heavy atom. The molecule has 17 nitrogen and oxygen atoms in total. The molecule has 6 atom stereocenters. The molecule has 0 fully saturated rings. The molecular formula is C73H142O17P2. The zero-order chi connectivity index (χ0) is 68.2. The SMILES string of the molecule is CCC(C)CCCCCCCCCCC(=O)O[C@H](COC(=O)CCCCCCCCCCCCCCCCCCC(C)C)COP(=O)(O)OCC(O)COP(=O)(O)OC[C@@H](COC(=O)CCCCCCCCCCC(C)C)OC(=O)CCCCCCCCCC(C)C. The van der Waals surface area contributed by atoms with E-state index in [1.54, 1.807) is 0 Å². The number of aliphatic hydroxyl groups is 1. The van der Waals surface area contributed by atoms with E-state index in [1.807, 2.05) is 0 Å². The monoisotopic (exact) mass is 1350 g/mol. The molecule has 4 unspecified atom stereocenters. The molecule has 0 aromatic carbocycles. The highest BCUT2D eigenvalue weighted by Gasteiger charge is 2.30. The number of esters is 4. The number of aliphatic hydroxyl groups excluding tert-OH is 1. The van der Waals surface area contributed by atoms with Crippen LogP contribution < -0.4 is 0 Å². The lowest BCUT2D eigenvalue weighted by atomic mass is 9.99. The Balaban J connectivity index is 5.20. The van der Waals surface area contributed by atoms with E-state index in [9.17, 15) is 43.2 Å². The van der Waals surface area contributed by atoms with Crippen LogP contribution in [0.25, 0.3) is 0 Å². The van der Waals surface area contributed by atoms with Crippen molar-refractivity contribution in [2.75, 3.05) is 39.6 Å². The third-order valence-corrected chi connectivity index (χ3v) is 19.1. The minimum Gasteiger partial charge on any atom is -0.462 e. The number of unbranched alkanes of at least 4 members (excludes halogenated alkanes) is 35. The lowest BCUT2D eigenvalue weighted by Gasteiger charge is -2.21. The summed E-state index contributed by atoms with van der Waals surface area (Å²) in [5.74, 6) is 0.875. The normalized spacial score (nSPS) is 14.5. The molecule has 0 saturated carbocycles. The maximum Gasteiger partial charge on any atom is 0.472 e. The topological polar surface area (TPSA) is 237 Å². The van der Waals surface area contributed by atoms with Crippen LogP contribution in [0, 0.1) is 23.7 Å². The first-order chi connectivity index (χ1) is 44.1. The summed E-state index contributed by atoms with van der Waals surface area (Å²) in [7, 11) is -9.91. The van der Waals surface area contributed by atoms with Crippen LogP contribution in [0.2, 0.25) is 0 Å². The molecule has 0 aliphatic heterocycles. The van der Waals surface area contributed by atoms with Crippen LogP contribution in [0.4, 0.5) is 0 Å². The Morgan fingerprint density at radius 1 is 0.304 bits per heavy atom. The molecule has 0 bridgehead atoms. The van der Waals surface area contributed by atoms with Gasteiger partial charge in [-0.3, -0.25) is 37.3 Å². The molecule has 19 heteroatoms. The fraction of sp³-hybridized carbons (Fsp3) is 0.945. The number of phosphoric ester groups is 2. The maximum absolute atomic E-state index is 13.0. The lowest BCUT2D eigenvalue weighted by Crippen LogP contribution is -2.30. The van der Waals surface area contributed by atoms with E-state index in [-0.39, 0.29) is 25.7 Å². The van der Waals surface area contributed by atoms with Gasteiger partial charge in [-0.25, -0.2) is 9.13 Å². The fourth-order valence-corrected chi connectivity index (χ4v) is 12.6. The maximum atomic E-state index is 13.0. The molecule has 0 aromatic rings. The summed E-state index contributed by atoms with van der Waals surface area (Å²) < 4.78 is 68.3. The van der Waals surface area contributed by atoms with Crippen LogP contribution >= 0.6 is 15.6 Å². The van der Waals surface area contributed by atoms with E-state index in [0.29, 0.717) is 31.6 Å². The van der Waals surface area contributed by atoms with Gasteiger partial charge < -0.3 is 33.8 Å². The second-order valence-electron chi connectivity index (χ2n) is 28.0. The molecule has 0 amide bonds. The molecule has 0 radical (unpaired) electrons. The van der Waals surface area contributed by atoms with Gasteiger partial charge in [-0.1, -0.05) is 312 Å². The third kappa shape index (κ3) is 65.4. The summed E-state index contributed by atoms with van der Waals surface area (Å²) in [6.45, 7) is 14.1. The molecular weight excluding hydrogens is 1210 g/mol. The summed E-state index contributed by atoms with van der Waals surface area (Å²) in [4.78, 5) is 72.6. The highest BCUT2D eigenvalue weighted by Crippen LogP contribution is 2.45. The van der Waals surface area contributed by atoms with Gasteiger partial charge in [0.1, 0.15) is 19.3 Å². The molecule has 0 heterocycles. The molecule has 0 rings (SSSR count). The van der Waals surface area contributed by atoms with Crippen molar-refractivity contribution in [3.05, 3.63) is 0 Å². The van der Waals surface area contributed by atoms with Crippen molar-refractivity contribution in [3.63, 3.8) is 0 Å². The second-order valence-corrected chi connectivity index (χ2v) is 30.9. The summed E-state index contributed by atoms with van der Waals surface area (Å²) in [5, 5.41) is 10.6. The van der Waals surface area contributed by atoms with Crippen LogP contribution in [0.5, 0.6) is 0 Å². The third-order valence-electron chi connectivity index (χ3n) is 17.2. The fourth-order valence-electron chi connectivity index (χ4n) is 11.0. The van der Waals surface area contributed by atoms with Gasteiger partial charge in [0.2, 0.25) is 0 Å². The molecule has 0 aromatic heterocycles. The number of rotatable bonds is 70. The van der Waals surface area contributed by atoms with Crippen LogP contribution in [0.15, 0.2) is 0 Å². The van der Waals surface area contributed by atoms with Gasteiger partial charge in [0.25, 0.3) is 0 Å². The van der Waals surface area contributed by atoms with Crippen molar-refractivity contribution in [2.24, 2.45) is 23.7 Å². The van der Waals surface area contributed by atoms with E-state index in [2.05, 4.69) is 55.4 Å². The van der Waals surface area contributed by atoms with Crippen molar-refractivity contribution in [1.29, 1.82) is 0 Å². The first-order valence-electron chi connectivity index (χ1n) is 37.7. The van der Waals surface area contributed by atoms with E-state index in [1.165, 1.54) is 167 Å². The van der Waals surface area contributed by atoms with Gasteiger partial charge >= 0.3 is 39.5 Å². The number of carbonyl (C=O) groups excluding carboxylic acids is 4. The Bertz CT molecular complexity index is 1820. The molecule has 546 valence electrons. The predicted octanol–water partition coefficient (Wildman–Crippen LogP) is 20.9. The Kier molecular flexibility index (Phi) is 61.3. The van der Waals surface area contributed by atoms with Gasteiger partial charge in [0, 0.05) is 25.7 Å². The van der Waals surface area contributed by atoms with Crippen LogP contribution in [-0.2, 0) is 65.4 Å². The lowest BCUT2D eigenvalue weighted by molar-refractivity contribution is -0.161. The van der Waals surface area contributed by atoms with Crippen LogP contribution in [0.1, 0.15) is 364 Å². The zero-order valence-electron chi connectivity index (χ0n) is 60.2. The van der Waals surface area contributed by atoms with Gasteiger partial charge in [0.15, 0.2) is 12.2 Å². The van der Waals surface area contributed by atoms with Crippen molar-refractivity contribution < 1.29 is 80.2 Å². The smallest absolute Gasteiger partial charge is 0.462 e. The average Bonchev–Trinajstić information content (AvgIpc) is 3.49. The summed E-state index contributed by atoms with van der Waals surface area (Å²) in [6, 6.07) is 0. The molecule has 92 heavy (non-hydrogen) atoms. The predicted molar refractivity (Wildman–Crippen MR) is 372 cm³/mol. The van der Waals surface area contributed by atoms with Crippen molar-refractivity contribution in [2.45, 2.75) is 382 Å². The Hall–Kier alpha value is -1.94. The van der Waals surface area contributed by atoms with Crippen molar-refractivity contribution in [1.82, 2.24) is 0 Å². The molecule has 0 aliphatic carbocycles. The first-order valence-corrected chi connectivity index (χ1v) is 40.7. The Morgan fingerprint density at radius 3 is 0.772 bits per heavy atom. The van der Waals surface area contributed by atoms with Gasteiger partial charge in [-0.2, -0.15) is 0 Å². The number of carbonyl (C=O) groups is 4. The number of phosphoric acid groups is 2. The number of hydrogen-bond donors (Lipinski definition) is 3. The standard InChI is InChI=1S/C73H142O17P2/c1-9-66(8)52-44-36-28-21-23-31-39-47-55-72(77)89-68(59-83-70(75)53-45-37-29-19-17-15-13-11-10-12-14-16-18-25-33-41-49-63(2)3)61-87-91(79,80)85-57-67(74)58-86-92(81,82)88-62-69(90-73(78)56-48-40-32-24-27-35-43-51-65(6)7)60-84-71(76)54-46-38-30-22-20-26-34-42-50-64(4)5/h63-69,74H,9-62H2,1-8H3,(H,79,80)(H,81,82)/t66?,67?,68-,69-/m1/s1. The molecule has 3 N–H and O–H groups in total. The zero-order valence-corrected chi connectivity index (χ0v) is 62.0. The molecule has 0 aliphatic rings. The number of ether oxygens (including phenoxy) is 4.